The van der Waals surface area contributed by atoms with Crippen LogP contribution in [-0.2, 0) is 4.79 Å². The molecule has 2 amide bonds. The molecule has 0 spiro atoms. The molecule has 1 aliphatic heterocycles. The number of amides is 2. The zero-order chi connectivity index (χ0) is 24.0. The first kappa shape index (κ1) is 22.9. The lowest BCUT2D eigenvalue weighted by atomic mass is 10.1. The largest absolute Gasteiger partial charge is 0.431 e. The fraction of sp³-hybridized carbons (Fsp3) is 0.179. The molecule has 0 atom stereocenters. The lowest BCUT2D eigenvalue weighted by molar-refractivity contribution is -0.128. The summed E-state index contributed by atoms with van der Waals surface area (Å²) in [5.74, 6) is -0.533. The van der Waals surface area contributed by atoms with Gasteiger partial charge in [-0.15, -0.1) is 0 Å². The molecular weight excluding hydrogens is 458 g/mol. The SMILES string of the molecule is O=C(NC(C(=O)N1CCCCC1)=C(Sc1nc2ccccc2o1)c1ccccc1)c1ccccc1. The number of carbonyl (C=O) groups is 2. The monoisotopic (exact) mass is 483 g/mol. The Morgan fingerprint density at radius 2 is 1.43 bits per heavy atom. The second-order valence-corrected chi connectivity index (χ2v) is 9.25. The number of carbonyl (C=O) groups excluding carboxylic acids is 2. The number of para-hydroxylation sites is 2. The van der Waals surface area contributed by atoms with Gasteiger partial charge in [0.25, 0.3) is 17.0 Å². The maximum Gasteiger partial charge on any atom is 0.271 e. The molecule has 0 radical (unpaired) electrons. The number of hydrogen-bond donors (Lipinski definition) is 1. The zero-order valence-electron chi connectivity index (χ0n) is 19.1. The molecule has 7 heteroatoms. The zero-order valence-corrected chi connectivity index (χ0v) is 20.0. The summed E-state index contributed by atoms with van der Waals surface area (Å²) in [4.78, 5) is 34.0. The number of thioether (sulfide) groups is 1. The normalized spacial score (nSPS) is 14.5. The molecule has 2 heterocycles. The Morgan fingerprint density at radius 3 is 2.11 bits per heavy atom. The van der Waals surface area contributed by atoms with E-state index in [1.807, 2.05) is 65.6 Å². The van der Waals surface area contributed by atoms with Crippen molar-refractivity contribution < 1.29 is 14.0 Å². The van der Waals surface area contributed by atoms with E-state index < -0.39 is 0 Å². The van der Waals surface area contributed by atoms with E-state index in [0.29, 0.717) is 34.4 Å². The first-order valence-electron chi connectivity index (χ1n) is 11.7. The van der Waals surface area contributed by atoms with Crippen LogP contribution in [0.1, 0.15) is 35.2 Å². The minimum atomic E-state index is -0.336. The Labute approximate surface area is 208 Å². The van der Waals surface area contributed by atoms with Gasteiger partial charge in [0.15, 0.2) is 5.58 Å². The third-order valence-corrected chi connectivity index (χ3v) is 6.85. The highest BCUT2D eigenvalue weighted by molar-refractivity contribution is 8.08. The Hall–Kier alpha value is -3.84. The van der Waals surface area contributed by atoms with Gasteiger partial charge in [-0.1, -0.05) is 60.7 Å². The summed E-state index contributed by atoms with van der Waals surface area (Å²) in [7, 11) is 0. The molecule has 4 aromatic rings. The molecule has 6 nitrogen and oxygen atoms in total. The van der Waals surface area contributed by atoms with E-state index in [1.54, 1.807) is 24.3 Å². The topological polar surface area (TPSA) is 75.4 Å². The predicted octanol–water partition coefficient (Wildman–Crippen LogP) is 5.73. The molecule has 0 unspecified atom stereocenters. The van der Waals surface area contributed by atoms with E-state index in [2.05, 4.69) is 10.3 Å². The smallest absolute Gasteiger partial charge is 0.271 e. The molecule has 5 rings (SSSR count). The van der Waals surface area contributed by atoms with Gasteiger partial charge >= 0.3 is 0 Å². The first-order valence-corrected chi connectivity index (χ1v) is 12.5. The van der Waals surface area contributed by atoms with Crippen LogP contribution < -0.4 is 5.32 Å². The highest BCUT2D eigenvalue weighted by atomic mass is 32.2. The molecule has 35 heavy (non-hydrogen) atoms. The second-order valence-electron chi connectivity index (χ2n) is 8.29. The molecule has 0 bridgehead atoms. The summed E-state index contributed by atoms with van der Waals surface area (Å²) in [6.45, 7) is 1.33. The number of benzene rings is 3. The third-order valence-electron chi connectivity index (χ3n) is 5.86. The Balaban J connectivity index is 1.61. The third kappa shape index (κ3) is 5.30. The number of fused-ring (bicyclic) bond motifs is 1. The van der Waals surface area contributed by atoms with Crippen molar-refractivity contribution >= 4 is 39.6 Å². The van der Waals surface area contributed by atoms with Gasteiger partial charge in [-0.05, 0) is 60.9 Å². The lowest BCUT2D eigenvalue weighted by Gasteiger charge is -2.28. The molecule has 3 aromatic carbocycles. The van der Waals surface area contributed by atoms with Gasteiger partial charge in [0.1, 0.15) is 11.2 Å². The number of hydrogen-bond acceptors (Lipinski definition) is 5. The summed E-state index contributed by atoms with van der Waals surface area (Å²) >= 11 is 1.24. The van der Waals surface area contributed by atoms with Crippen LogP contribution in [0.15, 0.2) is 100 Å². The number of nitrogens with one attached hydrogen (secondary N) is 1. The number of likely N-dealkylation sites (tertiary alicyclic amines) is 1. The van der Waals surface area contributed by atoms with Crippen molar-refractivity contribution in [2.24, 2.45) is 0 Å². The van der Waals surface area contributed by atoms with Crippen LogP contribution in [0.5, 0.6) is 0 Å². The van der Waals surface area contributed by atoms with E-state index >= 15 is 0 Å². The van der Waals surface area contributed by atoms with Crippen LogP contribution in [0.3, 0.4) is 0 Å². The fourth-order valence-electron chi connectivity index (χ4n) is 4.06. The average molecular weight is 484 g/mol. The summed E-state index contributed by atoms with van der Waals surface area (Å²) in [5.41, 5.74) is 2.92. The Morgan fingerprint density at radius 1 is 0.800 bits per heavy atom. The van der Waals surface area contributed by atoms with Gasteiger partial charge in [-0.2, -0.15) is 0 Å². The quantitative estimate of drug-likeness (QED) is 0.280. The van der Waals surface area contributed by atoms with E-state index in [-0.39, 0.29) is 17.5 Å². The van der Waals surface area contributed by atoms with Gasteiger partial charge in [-0.25, -0.2) is 4.98 Å². The average Bonchev–Trinajstić information content (AvgIpc) is 3.34. The lowest BCUT2D eigenvalue weighted by Crippen LogP contribution is -2.41. The number of piperidine rings is 1. The molecule has 1 fully saturated rings. The molecule has 0 saturated carbocycles. The van der Waals surface area contributed by atoms with E-state index in [9.17, 15) is 9.59 Å². The van der Waals surface area contributed by atoms with E-state index in [0.717, 1.165) is 30.3 Å². The van der Waals surface area contributed by atoms with Crippen molar-refractivity contribution in [2.75, 3.05) is 13.1 Å². The van der Waals surface area contributed by atoms with Crippen LogP contribution in [0.4, 0.5) is 0 Å². The van der Waals surface area contributed by atoms with Crippen molar-refractivity contribution in [1.82, 2.24) is 15.2 Å². The maximum absolute atomic E-state index is 13.8. The summed E-state index contributed by atoms with van der Waals surface area (Å²) in [6.07, 6.45) is 3.00. The molecule has 1 saturated heterocycles. The van der Waals surface area contributed by atoms with Crippen LogP contribution in [0.25, 0.3) is 16.0 Å². The fourth-order valence-corrected chi connectivity index (χ4v) is 5.01. The van der Waals surface area contributed by atoms with Crippen molar-refractivity contribution in [3.8, 4) is 0 Å². The van der Waals surface area contributed by atoms with Crippen LogP contribution in [-0.4, -0.2) is 34.8 Å². The second kappa shape index (κ2) is 10.6. The van der Waals surface area contributed by atoms with E-state index in [1.165, 1.54) is 11.8 Å². The number of rotatable bonds is 6. The standard InChI is InChI=1S/C28H25N3O3S/c32-26(21-14-6-2-7-15-21)30-24(27(33)31-18-10-3-11-19-31)25(20-12-4-1-5-13-20)35-28-29-22-16-8-9-17-23(22)34-28/h1-2,4-9,12-17H,3,10-11,18-19H2,(H,30,32). The Kier molecular flexibility index (Phi) is 6.95. The highest BCUT2D eigenvalue weighted by Crippen LogP contribution is 2.38. The van der Waals surface area contributed by atoms with Crippen LogP contribution in [0.2, 0.25) is 0 Å². The van der Waals surface area contributed by atoms with Gasteiger partial charge in [0.2, 0.25) is 0 Å². The van der Waals surface area contributed by atoms with Crippen molar-refractivity contribution in [3.63, 3.8) is 0 Å². The Bertz CT molecular complexity index is 1330. The minimum Gasteiger partial charge on any atom is -0.431 e. The molecule has 176 valence electrons. The van der Waals surface area contributed by atoms with Gasteiger partial charge in [-0.3, -0.25) is 9.59 Å². The van der Waals surface area contributed by atoms with Crippen molar-refractivity contribution in [2.45, 2.75) is 24.5 Å². The summed E-state index contributed by atoms with van der Waals surface area (Å²) < 4.78 is 5.97. The van der Waals surface area contributed by atoms with Gasteiger partial charge < -0.3 is 14.6 Å². The van der Waals surface area contributed by atoms with Crippen LogP contribution in [0, 0.1) is 0 Å². The predicted molar refractivity (Wildman–Crippen MR) is 138 cm³/mol. The molecule has 1 aromatic heterocycles. The molecular formula is C28H25N3O3S. The molecule has 1 N–H and O–H groups in total. The number of nitrogens with zero attached hydrogens (tertiary/aromatic N) is 2. The molecule has 0 aliphatic carbocycles. The van der Waals surface area contributed by atoms with Gasteiger partial charge in [0, 0.05) is 18.7 Å². The van der Waals surface area contributed by atoms with Crippen molar-refractivity contribution in [1.29, 1.82) is 0 Å². The van der Waals surface area contributed by atoms with Crippen molar-refractivity contribution in [3.05, 3.63) is 102 Å². The maximum atomic E-state index is 13.8. The van der Waals surface area contributed by atoms with E-state index in [4.69, 9.17) is 4.42 Å². The van der Waals surface area contributed by atoms with Gasteiger partial charge in [0.05, 0.1) is 4.91 Å². The number of oxazole rings is 1. The minimum absolute atomic E-state index is 0.198. The number of aromatic nitrogens is 1. The van der Waals surface area contributed by atoms with Crippen LogP contribution >= 0.6 is 11.8 Å². The first-order chi connectivity index (χ1) is 17.2. The summed E-state index contributed by atoms with van der Waals surface area (Å²) in [6, 6.07) is 26.0. The molecule has 1 aliphatic rings. The highest BCUT2D eigenvalue weighted by Gasteiger charge is 2.27. The summed E-state index contributed by atoms with van der Waals surface area (Å²) in [5, 5.41) is 3.35.